The van der Waals surface area contributed by atoms with Crippen molar-refractivity contribution in [3.05, 3.63) is 66.2 Å². The van der Waals surface area contributed by atoms with Crippen molar-refractivity contribution in [2.75, 3.05) is 19.7 Å². The lowest BCUT2D eigenvalue weighted by atomic mass is 10.2. The van der Waals surface area contributed by atoms with E-state index in [0.717, 1.165) is 44.2 Å². The zero-order valence-corrected chi connectivity index (χ0v) is 14.5. The number of ether oxygens (including phenoxy) is 1. The molecule has 1 aromatic carbocycles. The predicted octanol–water partition coefficient (Wildman–Crippen LogP) is 2.28. The number of morpholine rings is 1. The molecule has 0 N–H and O–H groups in total. The quantitative estimate of drug-likeness (QED) is 0.717. The third-order valence-electron chi connectivity index (χ3n) is 4.43. The molecule has 1 fully saturated rings. The molecule has 0 saturated carbocycles. The number of aromatic nitrogens is 4. The molecule has 0 bridgehead atoms. The van der Waals surface area contributed by atoms with E-state index in [2.05, 4.69) is 41.3 Å². The lowest BCUT2D eigenvalue weighted by Gasteiger charge is -2.32. The molecule has 0 radical (unpaired) electrons. The van der Waals surface area contributed by atoms with Crippen LogP contribution >= 0.6 is 0 Å². The number of hydrogen-bond donors (Lipinski definition) is 0. The second-order valence-electron chi connectivity index (χ2n) is 6.55. The van der Waals surface area contributed by atoms with Gasteiger partial charge in [0.25, 0.3) is 0 Å². The van der Waals surface area contributed by atoms with E-state index in [9.17, 15) is 0 Å². The van der Waals surface area contributed by atoms with Crippen molar-refractivity contribution in [1.82, 2.24) is 24.5 Å². The monoisotopic (exact) mass is 337 g/mol. The van der Waals surface area contributed by atoms with E-state index in [1.54, 1.807) is 0 Å². The van der Waals surface area contributed by atoms with Gasteiger partial charge in [-0.3, -0.25) is 9.58 Å². The molecule has 0 amide bonds. The third-order valence-corrected chi connectivity index (χ3v) is 4.43. The summed E-state index contributed by atoms with van der Waals surface area (Å²) < 4.78 is 9.80. The Labute approximate surface area is 147 Å². The maximum Gasteiger partial charge on any atom is 0.0898 e. The summed E-state index contributed by atoms with van der Waals surface area (Å²) in [5.41, 5.74) is 3.35. The second-order valence-corrected chi connectivity index (χ2v) is 6.55. The van der Waals surface area contributed by atoms with Gasteiger partial charge in [-0.05, 0) is 30.7 Å². The normalized spacial score (nSPS) is 18.5. The Bertz CT molecular complexity index is 810. The molecule has 4 rings (SSSR count). The fourth-order valence-electron chi connectivity index (χ4n) is 3.21. The lowest BCUT2D eigenvalue weighted by Crippen LogP contribution is -2.43. The number of rotatable bonds is 5. The topological polar surface area (TPSA) is 48.1 Å². The van der Waals surface area contributed by atoms with Gasteiger partial charge in [-0.25, -0.2) is 4.68 Å². The first-order chi connectivity index (χ1) is 12.3. The average molecular weight is 337 g/mol. The molecule has 1 atom stereocenters. The number of aryl methyl sites for hydroxylation is 1. The summed E-state index contributed by atoms with van der Waals surface area (Å²) in [6.07, 6.45) is 6.14. The fourth-order valence-corrected chi connectivity index (χ4v) is 3.21. The highest BCUT2D eigenvalue weighted by Crippen LogP contribution is 2.13. The highest BCUT2D eigenvalue weighted by molar-refractivity contribution is 5.30. The van der Waals surface area contributed by atoms with Crippen LogP contribution < -0.4 is 0 Å². The second kappa shape index (κ2) is 7.21. The maximum absolute atomic E-state index is 5.91. The Balaban J connectivity index is 1.37. The van der Waals surface area contributed by atoms with Crippen LogP contribution in [0.25, 0.3) is 5.69 Å². The van der Waals surface area contributed by atoms with Crippen molar-refractivity contribution in [2.45, 2.75) is 26.1 Å². The molecule has 3 heterocycles. The van der Waals surface area contributed by atoms with E-state index < -0.39 is 0 Å². The van der Waals surface area contributed by atoms with Gasteiger partial charge in [0.1, 0.15) is 0 Å². The van der Waals surface area contributed by atoms with Gasteiger partial charge >= 0.3 is 0 Å². The first-order valence-electron chi connectivity index (χ1n) is 8.69. The van der Waals surface area contributed by atoms with Crippen LogP contribution in [-0.2, 0) is 17.8 Å². The first-order valence-corrected chi connectivity index (χ1v) is 8.69. The molecule has 130 valence electrons. The van der Waals surface area contributed by atoms with Crippen molar-refractivity contribution >= 4 is 0 Å². The molecule has 1 aliphatic rings. The highest BCUT2D eigenvalue weighted by atomic mass is 16.5. The Morgan fingerprint density at radius 3 is 2.88 bits per heavy atom. The van der Waals surface area contributed by atoms with Crippen LogP contribution in [0.3, 0.4) is 0 Å². The zero-order valence-electron chi connectivity index (χ0n) is 14.5. The smallest absolute Gasteiger partial charge is 0.0898 e. The van der Waals surface area contributed by atoms with Gasteiger partial charge in [-0.15, -0.1) is 0 Å². The minimum absolute atomic E-state index is 0.171. The summed E-state index contributed by atoms with van der Waals surface area (Å²) in [7, 11) is 0. The Hall–Kier alpha value is -2.44. The Morgan fingerprint density at radius 2 is 2.08 bits per heavy atom. The summed E-state index contributed by atoms with van der Waals surface area (Å²) in [4.78, 5) is 2.40. The first kappa shape index (κ1) is 16.1. The molecule has 6 nitrogen and oxygen atoms in total. The molecule has 0 spiro atoms. The maximum atomic E-state index is 5.91. The van der Waals surface area contributed by atoms with Crippen LogP contribution in [-0.4, -0.2) is 50.3 Å². The minimum Gasteiger partial charge on any atom is -0.374 e. The van der Waals surface area contributed by atoms with E-state index in [0.29, 0.717) is 0 Å². The van der Waals surface area contributed by atoms with Crippen molar-refractivity contribution in [2.24, 2.45) is 0 Å². The number of hydrogen-bond acceptors (Lipinski definition) is 4. The van der Waals surface area contributed by atoms with Crippen molar-refractivity contribution < 1.29 is 4.74 Å². The van der Waals surface area contributed by atoms with E-state index in [-0.39, 0.29) is 6.10 Å². The molecule has 25 heavy (non-hydrogen) atoms. The van der Waals surface area contributed by atoms with Crippen LogP contribution in [0.15, 0.2) is 55.0 Å². The van der Waals surface area contributed by atoms with Gasteiger partial charge < -0.3 is 4.74 Å². The fraction of sp³-hybridized carbons (Fsp3) is 0.368. The van der Waals surface area contributed by atoms with E-state index in [4.69, 9.17) is 9.84 Å². The van der Waals surface area contributed by atoms with Crippen LogP contribution in [0.2, 0.25) is 0 Å². The lowest BCUT2D eigenvalue weighted by molar-refractivity contribution is -0.0405. The van der Waals surface area contributed by atoms with E-state index in [1.807, 2.05) is 40.0 Å². The van der Waals surface area contributed by atoms with Gasteiger partial charge in [-0.2, -0.15) is 10.2 Å². The summed E-state index contributed by atoms with van der Waals surface area (Å²) in [6, 6.07) is 12.3. The minimum atomic E-state index is 0.171. The molecular weight excluding hydrogens is 314 g/mol. The van der Waals surface area contributed by atoms with Gasteiger partial charge in [0.05, 0.1) is 36.8 Å². The van der Waals surface area contributed by atoms with Crippen LogP contribution in [0, 0.1) is 6.92 Å². The average Bonchev–Trinajstić information content (AvgIpc) is 3.25. The van der Waals surface area contributed by atoms with Crippen LogP contribution in [0.4, 0.5) is 0 Å². The molecular formula is C19H23N5O. The summed E-state index contributed by atoms with van der Waals surface area (Å²) in [5, 5.41) is 9.06. The van der Waals surface area contributed by atoms with Gasteiger partial charge in [0, 0.05) is 32.0 Å². The predicted molar refractivity (Wildman–Crippen MR) is 95.5 cm³/mol. The molecule has 3 aromatic rings. The summed E-state index contributed by atoms with van der Waals surface area (Å²) in [5.74, 6) is 0. The van der Waals surface area contributed by atoms with Gasteiger partial charge in [0.15, 0.2) is 0 Å². The molecule has 1 saturated heterocycles. The van der Waals surface area contributed by atoms with Crippen LogP contribution in [0.5, 0.6) is 0 Å². The van der Waals surface area contributed by atoms with Crippen molar-refractivity contribution in [3.63, 3.8) is 0 Å². The van der Waals surface area contributed by atoms with Gasteiger partial charge in [-0.1, -0.05) is 18.2 Å². The molecule has 1 aliphatic heterocycles. The number of para-hydroxylation sites is 1. The number of benzene rings is 1. The third kappa shape index (κ3) is 3.97. The van der Waals surface area contributed by atoms with Gasteiger partial charge in [0.2, 0.25) is 0 Å². The van der Waals surface area contributed by atoms with Crippen molar-refractivity contribution in [1.29, 1.82) is 0 Å². The van der Waals surface area contributed by atoms with Crippen molar-refractivity contribution in [3.8, 4) is 5.69 Å². The van der Waals surface area contributed by atoms with E-state index in [1.165, 1.54) is 5.56 Å². The highest BCUT2D eigenvalue weighted by Gasteiger charge is 2.21. The largest absolute Gasteiger partial charge is 0.374 e. The molecule has 6 heteroatoms. The molecule has 2 aromatic heterocycles. The Kier molecular flexibility index (Phi) is 4.63. The summed E-state index contributed by atoms with van der Waals surface area (Å²) >= 11 is 0. The SMILES string of the molecule is Cc1cnn(C[C@@H]2CN(Cc3ccn(-c4ccccc4)n3)CCO2)c1. The summed E-state index contributed by atoms with van der Waals surface area (Å²) in [6.45, 7) is 6.29. The number of nitrogens with zero attached hydrogens (tertiary/aromatic N) is 5. The molecule has 0 aliphatic carbocycles. The standard InChI is InChI=1S/C19H23N5O/c1-16-11-20-23(12-16)15-19-14-22(9-10-25-19)13-17-7-8-24(21-17)18-5-3-2-4-6-18/h2-8,11-12,19H,9-10,13-15H2,1H3/t19-/m0/s1. The van der Waals surface area contributed by atoms with E-state index >= 15 is 0 Å². The molecule has 0 unspecified atom stereocenters. The Morgan fingerprint density at radius 1 is 1.20 bits per heavy atom. The van der Waals surface area contributed by atoms with Crippen LogP contribution in [0.1, 0.15) is 11.3 Å². The zero-order chi connectivity index (χ0) is 17.1.